The second-order valence-corrected chi connectivity index (χ2v) is 4.89. The zero-order valence-corrected chi connectivity index (χ0v) is 12.5. The van der Waals surface area contributed by atoms with E-state index in [9.17, 15) is 4.79 Å². The molecule has 2 aromatic carbocycles. The molecule has 0 unspecified atom stereocenters. The highest BCUT2D eigenvalue weighted by molar-refractivity contribution is 5.67. The van der Waals surface area contributed by atoms with Crippen molar-refractivity contribution in [2.24, 2.45) is 0 Å². The van der Waals surface area contributed by atoms with Crippen LogP contribution < -0.4 is 0 Å². The minimum absolute atomic E-state index is 0.280. The number of aryl methyl sites for hydroxylation is 1. The molecule has 2 aromatic rings. The summed E-state index contributed by atoms with van der Waals surface area (Å²) >= 11 is 0. The van der Waals surface area contributed by atoms with Crippen molar-refractivity contribution in [1.82, 2.24) is 0 Å². The maximum Gasteiger partial charge on any atom is 0.303 e. The monoisotopic (exact) mass is 280 g/mol. The van der Waals surface area contributed by atoms with Crippen LogP contribution in [0, 0.1) is 0 Å². The van der Waals surface area contributed by atoms with Crippen molar-refractivity contribution in [2.75, 3.05) is 0 Å². The van der Waals surface area contributed by atoms with Gasteiger partial charge in [0.25, 0.3) is 0 Å². The lowest BCUT2D eigenvalue weighted by Gasteiger charge is -2.14. The normalized spacial score (nSPS) is 12.3. The minimum atomic E-state index is -0.353. The molecule has 0 aromatic heterocycles. The predicted octanol–water partition coefficient (Wildman–Crippen LogP) is 4.57. The first-order valence-electron chi connectivity index (χ1n) is 7.18. The average Bonchev–Trinajstić information content (AvgIpc) is 2.52. The van der Waals surface area contributed by atoms with E-state index >= 15 is 0 Å². The summed E-state index contributed by atoms with van der Waals surface area (Å²) in [5, 5.41) is 0. The lowest BCUT2D eigenvalue weighted by atomic mass is 10.0. The van der Waals surface area contributed by atoms with Gasteiger partial charge in [-0.3, -0.25) is 4.79 Å². The standard InChI is InChI=1S/C19H20O2/c1-3-16-9-12-18(13-10-16)19(21-15(2)20)14-11-17-7-5-4-6-8-17/h4-14,19H,3H2,1-2H3/b14-11+/t19-/m1/s1. The van der Waals surface area contributed by atoms with Crippen molar-refractivity contribution in [3.05, 3.63) is 77.4 Å². The number of ether oxygens (including phenoxy) is 1. The smallest absolute Gasteiger partial charge is 0.303 e. The molecule has 0 saturated heterocycles. The van der Waals surface area contributed by atoms with Crippen molar-refractivity contribution >= 4 is 12.0 Å². The van der Waals surface area contributed by atoms with Crippen LogP contribution in [0.4, 0.5) is 0 Å². The maximum absolute atomic E-state index is 11.3. The van der Waals surface area contributed by atoms with Crippen molar-refractivity contribution in [1.29, 1.82) is 0 Å². The summed E-state index contributed by atoms with van der Waals surface area (Å²) < 4.78 is 5.41. The van der Waals surface area contributed by atoms with Crippen LogP contribution in [0.5, 0.6) is 0 Å². The molecule has 1 atom stereocenters. The fourth-order valence-corrected chi connectivity index (χ4v) is 2.10. The van der Waals surface area contributed by atoms with Crippen molar-refractivity contribution in [3.63, 3.8) is 0 Å². The first-order chi connectivity index (χ1) is 10.2. The third kappa shape index (κ3) is 4.60. The van der Waals surface area contributed by atoms with Crippen molar-refractivity contribution in [2.45, 2.75) is 26.4 Å². The molecule has 0 heterocycles. The SMILES string of the molecule is CCc1ccc([C@@H](/C=C/c2ccccc2)OC(C)=O)cc1. The molecule has 0 aliphatic rings. The molecule has 108 valence electrons. The van der Waals surface area contributed by atoms with Gasteiger partial charge >= 0.3 is 5.97 Å². The van der Waals surface area contributed by atoms with Gasteiger partial charge in [-0.15, -0.1) is 0 Å². The molecule has 0 fully saturated rings. The first kappa shape index (κ1) is 15.0. The number of carbonyl (C=O) groups is 1. The number of rotatable bonds is 5. The molecule has 0 spiro atoms. The van der Waals surface area contributed by atoms with Gasteiger partial charge in [-0.1, -0.05) is 67.6 Å². The van der Waals surface area contributed by atoms with Crippen LogP contribution in [0.3, 0.4) is 0 Å². The molecule has 0 aliphatic carbocycles. The summed E-state index contributed by atoms with van der Waals surface area (Å²) in [7, 11) is 0. The molecule has 0 saturated carbocycles. The minimum Gasteiger partial charge on any atom is -0.453 e. The molecule has 0 N–H and O–H groups in total. The van der Waals surface area contributed by atoms with Crippen LogP contribution >= 0.6 is 0 Å². The molecule has 0 bridgehead atoms. The van der Waals surface area contributed by atoms with Crippen LogP contribution in [-0.4, -0.2) is 5.97 Å². The third-order valence-electron chi connectivity index (χ3n) is 3.27. The van der Waals surface area contributed by atoms with Gasteiger partial charge in [0.15, 0.2) is 0 Å². The van der Waals surface area contributed by atoms with E-state index in [1.54, 1.807) is 0 Å². The van der Waals surface area contributed by atoms with Gasteiger partial charge in [0, 0.05) is 6.92 Å². The van der Waals surface area contributed by atoms with Crippen LogP contribution in [0.1, 0.15) is 36.6 Å². The molecule has 2 rings (SSSR count). The van der Waals surface area contributed by atoms with E-state index in [2.05, 4.69) is 19.1 Å². The maximum atomic E-state index is 11.3. The van der Waals surface area contributed by atoms with Crippen LogP contribution in [0.25, 0.3) is 6.08 Å². The average molecular weight is 280 g/mol. The molecule has 2 heteroatoms. The van der Waals surface area contributed by atoms with E-state index in [-0.39, 0.29) is 12.1 Å². The summed E-state index contributed by atoms with van der Waals surface area (Å²) in [6.07, 6.45) is 4.53. The summed E-state index contributed by atoms with van der Waals surface area (Å²) in [5.74, 6) is -0.280. The van der Waals surface area contributed by atoms with Gasteiger partial charge in [-0.25, -0.2) is 0 Å². The van der Waals surface area contributed by atoms with E-state index in [0.29, 0.717) is 0 Å². The predicted molar refractivity (Wildman–Crippen MR) is 85.8 cm³/mol. The Balaban J connectivity index is 2.21. The number of hydrogen-bond donors (Lipinski definition) is 0. The molecular formula is C19H20O2. The van der Waals surface area contributed by atoms with Crippen LogP contribution in [0.2, 0.25) is 0 Å². The quantitative estimate of drug-likeness (QED) is 0.750. The lowest BCUT2D eigenvalue weighted by molar-refractivity contribution is -0.144. The molecule has 0 aliphatic heterocycles. The van der Waals surface area contributed by atoms with Gasteiger partial charge < -0.3 is 4.74 Å². The fourth-order valence-electron chi connectivity index (χ4n) is 2.10. The van der Waals surface area contributed by atoms with Gasteiger partial charge in [-0.05, 0) is 29.2 Å². The van der Waals surface area contributed by atoms with Crippen LogP contribution in [-0.2, 0) is 16.0 Å². The zero-order chi connectivity index (χ0) is 15.1. The molecule has 0 amide bonds. The topological polar surface area (TPSA) is 26.3 Å². The number of hydrogen-bond acceptors (Lipinski definition) is 2. The van der Waals surface area contributed by atoms with Gasteiger partial charge in [0.05, 0.1) is 0 Å². The van der Waals surface area contributed by atoms with E-state index in [1.165, 1.54) is 12.5 Å². The fraction of sp³-hybridized carbons (Fsp3) is 0.211. The Morgan fingerprint density at radius 2 is 1.76 bits per heavy atom. The Morgan fingerprint density at radius 3 is 2.33 bits per heavy atom. The summed E-state index contributed by atoms with van der Waals surface area (Å²) in [5.41, 5.74) is 3.33. The van der Waals surface area contributed by atoms with E-state index in [0.717, 1.165) is 17.5 Å². The summed E-state index contributed by atoms with van der Waals surface area (Å²) in [4.78, 5) is 11.3. The van der Waals surface area contributed by atoms with E-state index in [1.807, 2.05) is 54.6 Å². The molecule has 0 radical (unpaired) electrons. The number of carbonyl (C=O) groups excluding carboxylic acids is 1. The van der Waals surface area contributed by atoms with Gasteiger partial charge in [0.2, 0.25) is 0 Å². The van der Waals surface area contributed by atoms with Crippen molar-refractivity contribution in [3.8, 4) is 0 Å². The van der Waals surface area contributed by atoms with Crippen molar-refractivity contribution < 1.29 is 9.53 Å². The van der Waals surface area contributed by atoms with Crippen LogP contribution in [0.15, 0.2) is 60.7 Å². The Labute approximate surface area is 126 Å². The molecular weight excluding hydrogens is 260 g/mol. The zero-order valence-electron chi connectivity index (χ0n) is 12.5. The summed E-state index contributed by atoms with van der Waals surface area (Å²) in [6.45, 7) is 3.55. The lowest BCUT2D eigenvalue weighted by Crippen LogP contribution is -2.06. The second-order valence-electron chi connectivity index (χ2n) is 4.89. The molecule has 2 nitrogen and oxygen atoms in total. The van der Waals surface area contributed by atoms with Gasteiger partial charge in [0.1, 0.15) is 6.10 Å². The van der Waals surface area contributed by atoms with Gasteiger partial charge in [-0.2, -0.15) is 0 Å². The Morgan fingerprint density at radius 1 is 1.10 bits per heavy atom. The highest BCUT2D eigenvalue weighted by atomic mass is 16.5. The Bertz CT molecular complexity index is 597. The third-order valence-corrected chi connectivity index (χ3v) is 3.27. The largest absolute Gasteiger partial charge is 0.453 e. The summed E-state index contributed by atoms with van der Waals surface area (Å²) in [6, 6.07) is 18.1. The highest BCUT2D eigenvalue weighted by Gasteiger charge is 2.11. The second kappa shape index (κ2) is 7.44. The van der Waals surface area contributed by atoms with E-state index in [4.69, 9.17) is 4.74 Å². The molecule has 21 heavy (non-hydrogen) atoms. The van der Waals surface area contributed by atoms with E-state index < -0.39 is 0 Å². The Hall–Kier alpha value is -2.35. The first-order valence-corrected chi connectivity index (χ1v) is 7.18. The highest BCUT2D eigenvalue weighted by Crippen LogP contribution is 2.21. The Kier molecular flexibility index (Phi) is 5.33. The number of esters is 1. The number of benzene rings is 2.